The van der Waals surface area contributed by atoms with Crippen molar-refractivity contribution in [1.82, 2.24) is 24.0 Å². The van der Waals surface area contributed by atoms with Crippen LogP contribution in [-0.4, -0.2) is 75.2 Å². The van der Waals surface area contributed by atoms with E-state index < -0.39 is 29.4 Å². The van der Waals surface area contributed by atoms with E-state index in [-0.39, 0.29) is 24.3 Å². The highest BCUT2D eigenvalue weighted by Gasteiger charge is 2.38. The smallest absolute Gasteiger partial charge is 0.475 e. The number of carboxylic acids is 1. The number of benzene rings is 2. The van der Waals surface area contributed by atoms with E-state index in [4.69, 9.17) is 31.2 Å². The molecule has 1 aliphatic rings. The topological polar surface area (TPSA) is 141 Å². The van der Waals surface area contributed by atoms with Gasteiger partial charge in [-0.25, -0.2) is 9.59 Å². The number of aromatic nitrogens is 4. The minimum Gasteiger partial charge on any atom is -0.475 e. The number of hydrogen-bond donors (Lipinski definition) is 2. The molecule has 1 fully saturated rings. The van der Waals surface area contributed by atoms with Crippen LogP contribution in [0.25, 0.3) is 16.9 Å². The van der Waals surface area contributed by atoms with Crippen LogP contribution in [0.3, 0.4) is 0 Å². The summed E-state index contributed by atoms with van der Waals surface area (Å²) < 4.78 is 40.7. The number of carbonyl (C=O) groups is 2. The van der Waals surface area contributed by atoms with Gasteiger partial charge >= 0.3 is 23.8 Å². The van der Waals surface area contributed by atoms with Gasteiger partial charge in [0.25, 0.3) is 5.56 Å². The number of rotatable bonds is 7. The average molecular weight is 637 g/mol. The highest BCUT2D eigenvalue weighted by atomic mass is 35.5. The quantitative estimate of drug-likeness (QED) is 0.293. The van der Waals surface area contributed by atoms with E-state index >= 15 is 0 Å². The zero-order valence-electron chi connectivity index (χ0n) is 23.4. The Labute approximate surface area is 252 Å². The van der Waals surface area contributed by atoms with Crippen molar-refractivity contribution in [3.8, 4) is 5.69 Å². The van der Waals surface area contributed by atoms with Gasteiger partial charge in [-0.2, -0.15) is 18.2 Å². The van der Waals surface area contributed by atoms with Gasteiger partial charge in [-0.1, -0.05) is 54.1 Å². The first kappa shape index (κ1) is 32.3. The van der Waals surface area contributed by atoms with Gasteiger partial charge in [0, 0.05) is 32.7 Å². The van der Waals surface area contributed by atoms with Crippen LogP contribution in [0.2, 0.25) is 5.02 Å². The molecule has 2 aromatic heterocycles. The molecule has 44 heavy (non-hydrogen) atoms. The number of esters is 1. The third-order valence-corrected chi connectivity index (χ3v) is 7.04. The molecule has 1 aliphatic heterocycles. The molecule has 2 N–H and O–H groups in total. The lowest BCUT2D eigenvalue weighted by atomic mass is 10.1. The van der Waals surface area contributed by atoms with Crippen molar-refractivity contribution in [2.45, 2.75) is 25.7 Å². The van der Waals surface area contributed by atoms with Gasteiger partial charge in [0.15, 0.2) is 11.2 Å². The van der Waals surface area contributed by atoms with Gasteiger partial charge in [-0.05, 0) is 24.1 Å². The van der Waals surface area contributed by atoms with Crippen molar-refractivity contribution in [1.29, 1.82) is 0 Å². The number of methoxy groups -OCH3 is 1. The van der Waals surface area contributed by atoms with Gasteiger partial charge in [0.05, 0.1) is 17.8 Å². The molecule has 1 saturated heterocycles. The maximum Gasteiger partial charge on any atom is 0.490 e. The summed E-state index contributed by atoms with van der Waals surface area (Å²) in [5.74, 6) is -2.89. The maximum absolute atomic E-state index is 14.0. The summed E-state index contributed by atoms with van der Waals surface area (Å²) in [6.45, 7) is 2.53. The number of ether oxygens (including phenoxy) is 1. The van der Waals surface area contributed by atoms with Crippen molar-refractivity contribution < 1.29 is 32.6 Å². The van der Waals surface area contributed by atoms with Gasteiger partial charge in [0.2, 0.25) is 5.95 Å². The van der Waals surface area contributed by atoms with Crippen molar-refractivity contribution in [2.24, 2.45) is 0 Å². The lowest BCUT2D eigenvalue weighted by Gasteiger charge is -2.28. The summed E-state index contributed by atoms with van der Waals surface area (Å²) in [6.07, 6.45) is -4.62. The lowest BCUT2D eigenvalue weighted by molar-refractivity contribution is -0.192. The van der Waals surface area contributed by atoms with E-state index in [0.717, 1.165) is 23.2 Å². The Bertz CT molecular complexity index is 1760. The highest BCUT2D eigenvalue weighted by molar-refractivity contribution is 6.32. The van der Waals surface area contributed by atoms with Crippen LogP contribution in [0.4, 0.5) is 19.1 Å². The van der Waals surface area contributed by atoms with Crippen molar-refractivity contribution in [3.05, 3.63) is 86.0 Å². The maximum atomic E-state index is 14.0. The monoisotopic (exact) mass is 636 g/mol. The van der Waals surface area contributed by atoms with E-state index in [0.29, 0.717) is 36.2 Å². The van der Waals surface area contributed by atoms with Crippen LogP contribution < -0.4 is 21.5 Å². The molecule has 2 aromatic carbocycles. The van der Waals surface area contributed by atoms with Crippen molar-refractivity contribution in [3.63, 3.8) is 0 Å². The molecule has 4 aromatic rings. The summed E-state index contributed by atoms with van der Waals surface area (Å²) in [6, 6.07) is 16.8. The molecule has 0 saturated carbocycles. The molecular weight excluding hydrogens is 609 g/mol. The fourth-order valence-electron chi connectivity index (χ4n) is 4.59. The van der Waals surface area contributed by atoms with E-state index in [1.807, 2.05) is 41.3 Å². The van der Waals surface area contributed by atoms with Gasteiger partial charge in [-0.3, -0.25) is 23.3 Å². The molecule has 12 nitrogen and oxygen atoms in total. The summed E-state index contributed by atoms with van der Waals surface area (Å²) in [4.78, 5) is 55.6. The second-order valence-corrected chi connectivity index (χ2v) is 9.96. The Morgan fingerprint density at radius 3 is 2.23 bits per heavy atom. The Balaban J connectivity index is 0.000000566. The molecule has 0 amide bonds. The van der Waals surface area contributed by atoms with Crippen molar-refractivity contribution >= 4 is 40.7 Å². The Hall–Kier alpha value is -4.63. The predicted octanol–water partition coefficient (Wildman–Crippen LogP) is 2.46. The van der Waals surface area contributed by atoms with Crippen molar-refractivity contribution in [2.75, 3.05) is 38.2 Å². The van der Waals surface area contributed by atoms with E-state index in [1.165, 1.54) is 11.7 Å². The number of aliphatic carboxylic acids is 1. The van der Waals surface area contributed by atoms with Crippen LogP contribution in [0.15, 0.2) is 64.2 Å². The third kappa shape index (κ3) is 7.11. The molecule has 16 heteroatoms. The number of hydrogen-bond acceptors (Lipinski definition) is 8. The molecule has 0 unspecified atom stereocenters. The number of carboxylic acid groups (broad SMARTS) is 1. The number of nitrogens with zero attached hydrogens (tertiary/aromatic N) is 5. The van der Waals surface area contributed by atoms with E-state index in [9.17, 15) is 27.6 Å². The second-order valence-electron chi connectivity index (χ2n) is 9.55. The summed E-state index contributed by atoms with van der Waals surface area (Å²) in [7, 11) is 1.25. The highest BCUT2D eigenvalue weighted by Crippen LogP contribution is 2.29. The summed E-state index contributed by atoms with van der Waals surface area (Å²) in [5.41, 5.74) is 0.730. The first-order valence-electron chi connectivity index (χ1n) is 13.3. The van der Waals surface area contributed by atoms with E-state index in [1.54, 1.807) is 22.8 Å². The van der Waals surface area contributed by atoms with Crippen LogP contribution in [0.1, 0.15) is 5.56 Å². The number of aryl methyl sites for hydroxylation is 1. The molecule has 234 valence electrons. The number of fused-ring (bicyclic) bond motifs is 1. The number of halogens is 4. The molecular formula is C28H28ClF3N6O6. The number of imidazole rings is 1. The Kier molecular flexibility index (Phi) is 10.1. The van der Waals surface area contributed by atoms with Crippen LogP contribution in [0, 0.1) is 0 Å². The summed E-state index contributed by atoms with van der Waals surface area (Å²) in [5, 5.41) is 10.9. The number of carbonyl (C=O) groups excluding carboxylic acids is 1. The first-order valence-corrected chi connectivity index (χ1v) is 13.7. The minimum atomic E-state index is -5.08. The number of piperazine rings is 1. The first-order chi connectivity index (χ1) is 20.9. The number of nitrogens with one attached hydrogen (secondary N) is 1. The number of anilines is 1. The predicted molar refractivity (Wildman–Crippen MR) is 156 cm³/mol. The van der Waals surface area contributed by atoms with E-state index in [2.05, 4.69) is 5.32 Å². The van der Waals surface area contributed by atoms with Crippen LogP contribution >= 0.6 is 11.6 Å². The summed E-state index contributed by atoms with van der Waals surface area (Å²) >= 11 is 6.61. The normalized spacial score (nSPS) is 13.3. The Morgan fingerprint density at radius 2 is 1.64 bits per heavy atom. The molecule has 0 bridgehead atoms. The molecule has 0 spiro atoms. The van der Waals surface area contributed by atoms with Gasteiger partial charge < -0.3 is 20.1 Å². The minimum absolute atomic E-state index is 0.116. The average Bonchev–Trinajstić information content (AvgIpc) is 3.40. The lowest BCUT2D eigenvalue weighted by Crippen LogP contribution is -2.44. The fraction of sp³-hybridized carbons (Fsp3) is 0.321. The number of alkyl halides is 3. The van der Waals surface area contributed by atoms with Crippen LogP contribution in [0.5, 0.6) is 0 Å². The standard InChI is InChI=1S/C26H27ClN6O4.C2HF3O2/c1-37-21(34)17-32-23-22(24(35)31(26(32)36)14-11-18-7-3-2-4-8-18)33(20-10-6-5-9-19(20)27)25(29-23)30-15-12-28-13-16-30;3-2(4,5)1(6)7/h2-10,28H,11-17H2,1H3;(H,6,7). The molecule has 3 heterocycles. The number of para-hydroxylation sites is 1. The largest absolute Gasteiger partial charge is 0.490 e. The molecule has 0 radical (unpaired) electrons. The third-order valence-electron chi connectivity index (χ3n) is 6.72. The zero-order chi connectivity index (χ0) is 32.0. The molecule has 0 atom stereocenters. The van der Waals surface area contributed by atoms with Gasteiger partial charge in [0.1, 0.15) is 6.54 Å². The second kappa shape index (κ2) is 13.8. The SMILES string of the molecule is COC(=O)Cn1c(=O)n(CCc2ccccc2)c(=O)c2c1nc(N1CCNCC1)n2-c1ccccc1Cl.O=C(O)C(F)(F)F. The van der Waals surface area contributed by atoms with Gasteiger partial charge in [-0.15, -0.1) is 0 Å². The molecule has 0 aliphatic carbocycles. The Morgan fingerprint density at radius 1 is 1.02 bits per heavy atom. The zero-order valence-corrected chi connectivity index (χ0v) is 24.1. The fourth-order valence-corrected chi connectivity index (χ4v) is 4.81. The molecule has 5 rings (SSSR count). The van der Waals surface area contributed by atoms with Crippen LogP contribution in [-0.2, 0) is 33.8 Å².